The Labute approximate surface area is 188 Å². The molecule has 0 aliphatic heterocycles. The fourth-order valence-electron chi connectivity index (χ4n) is 3.43. The minimum absolute atomic E-state index is 0.0959. The Morgan fingerprint density at radius 3 is 2.26 bits per heavy atom. The Kier molecular flexibility index (Phi) is 8.84. The summed E-state index contributed by atoms with van der Waals surface area (Å²) in [4.78, 5) is 26.7. The summed E-state index contributed by atoms with van der Waals surface area (Å²) in [6, 6.07) is 4.86. The van der Waals surface area contributed by atoms with Crippen LogP contribution in [0.2, 0.25) is 0 Å². The molecule has 172 valence electrons. The maximum Gasteiger partial charge on any atom is 0.307 e. The number of nitrogens with one attached hydrogen (secondary N) is 1. The second-order valence-electron chi connectivity index (χ2n) is 7.03. The van der Waals surface area contributed by atoms with E-state index in [2.05, 4.69) is 10.2 Å². The Morgan fingerprint density at radius 1 is 1.10 bits per heavy atom. The standard InChI is InChI=1S/C21H32N4O4S2/c1-6-23(7-2)19-11-10-17(31(28,29)24(8-3)9-4)14-18(19)22-20(26)12-13-25-16(5)15-30-21(25)27/h10-11,14-15H,6-9,12-13H2,1-5H3,(H,22,26). The molecule has 0 radical (unpaired) electrons. The van der Waals surface area contributed by atoms with Gasteiger partial charge in [0.1, 0.15) is 0 Å². The highest BCUT2D eigenvalue weighted by Gasteiger charge is 2.24. The zero-order valence-electron chi connectivity index (χ0n) is 18.8. The number of aromatic nitrogens is 1. The first-order chi connectivity index (χ1) is 14.7. The second-order valence-corrected chi connectivity index (χ2v) is 9.79. The van der Waals surface area contributed by atoms with Crippen LogP contribution in [-0.2, 0) is 21.4 Å². The first-order valence-corrected chi connectivity index (χ1v) is 12.8. The molecular formula is C21H32N4O4S2. The molecule has 0 spiro atoms. The lowest BCUT2D eigenvalue weighted by Gasteiger charge is -2.26. The topological polar surface area (TPSA) is 91.7 Å². The molecule has 1 amide bonds. The maximum absolute atomic E-state index is 13.0. The van der Waals surface area contributed by atoms with Crippen LogP contribution in [0.1, 0.15) is 39.8 Å². The summed E-state index contributed by atoms with van der Waals surface area (Å²) < 4.78 is 28.9. The number of amides is 1. The van der Waals surface area contributed by atoms with Crippen molar-refractivity contribution in [1.82, 2.24) is 8.87 Å². The van der Waals surface area contributed by atoms with Crippen molar-refractivity contribution in [1.29, 1.82) is 0 Å². The molecule has 0 atom stereocenters. The van der Waals surface area contributed by atoms with E-state index in [1.54, 1.807) is 35.9 Å². The number of hydrogen-bond donors (Lipinski definition) is 1. The lowest BCUT2D eigenvalue weighted by molar-refractivity contribution is -0.116. The molecule has 8 nitrogen and oxygen atoms in total. The van der Waals surface area contributed by atoms with Gasteiger partial charge in [-0.1, -0.05) is 25.2 Å². The zero-order valence-corrected chi connectivity index (χ0v) is 20.5. The molecule has 0 fully saturated rings. The van der Waals surface area contributed by atoms with Gasteiger partial charge in [-0.3, -0.25) is 9.59 Å². The molecule has 1 heterocycles. The van der Waals surface area contributed by atoms with Crippen LogP contribution in [0.15, 0.2) is 33.3 Å². The van der Waals surface area contributed by atoms with Crippen LogP contribution in [0.25, 0.3) is 0 Å². The molecule has 1 aromatic carbocycles. The van der Waals surface area contributed by atoms with Crippen molar-refractivity contribution in [3.63, 3.8) is 0 Å². The molecule has 0 unspecified atom stereocenters. The Bertz CT molecular complexity index is 1050. The van der Waals surface area contributed by atoms with E-state index in [4.69, 9.17) is 0 Å². The first-order valence-electron chi connectivity index (χ1n) is 10.5. The third-order valence-corrected chi connectivity index (χ3v) is 8.16. The van der Waals surface area contributed by atoms with Crippen LogP contribution in [-0.4, -0.2) is 49.4 Å². The van der Waals surface area contributed by atoms with E-state index in [1.165, 1.54) is 10.4 Å². The fraction of sp³-hybridized carbons (Fsp3) is 0.524. The summed E-state index contributed by atoms with van der Waals surface area (Å²) in [6.45, 7) is 11.9. The number of nitrogens with zero attached hydrogens (tertiary/aromatic N) is 3. The molecule has 31 heavy (non-hydrogen) atoms. The van der Waals surface area contributed by atoms with Gasteiger partial charge < -0.3 is 14.8 Å². The number of anilines is 2. The Morgan fingerprint density at radius 2 is 1.74 bits per heavy atom. The molecule has 2 rings (SSSR count). The van der Waals surface area contributed by atoms with Gasteiger partial charge in [0, 0.05) is 50.2 Å². The summed E-state index contributed by atoms with van der Waals surface area (Å²) in [7, 11) is -3.65. The summed E-state index contributed by atoms with van der Waals surface area (Å²) in [5, 5.41) is 4.64. The lowest BCUT2D eigenvalue weighted by atomic mass is 10.2. The summed E-state index contributed by atoms with van der Waals surface area (Å²) >= 11 is 1.11. The summed E-state index contributed by atoms with van der Waals surface area (Å²) in [6.07, 6.45) is 0.113. The van der Waals surface area contributed by atoms with E-state index in [-0.39, 0.29) is 28.6 Å². The molecular weight excluding hydrogens is 436 g/mol. The minimum atomic E-state index is -3.65. The van der Waals surface area contributed by atoms with Crippen molar-refractivity contribution < 1.29 is 13.2 Å². The highest BCUT2D eigenvalue weighted by atomic mass is 32.2. The largest absolute Gasteiger partial charge is 0.370 e. The van der Waals surface area contributed by atoms with Gasteiger partial charge in [-0.15, -0.1) is 0 Å². The van der Waals surface area contributed by atoms with Gasteiger partial charge in [0.2, 0.25) is 15.9 Å². The number of carbonyl (C=O) groups is 1. The number of rotatable bonds is 11. The molecule has 10 heteroatoms. The molecule has 0 aliphatic carbocycles. The van der Waals surface area contributed by atoms with Gasteiger partial charge in [0.05, 0.1) is 16.3 Å². The molecule has 0 saturated carbocycles. The number of sulfonamides is 1. The molecule has 1 N–H and O–H groups in total. The summed E-state index contributed by atoms with van der Waals surface area (Å²) in [5.74, 6) is -0.275. The van der Waals surface area contributed by atoms with Crippen LogP contribution < -0.4 is 15.1 Å². The second kappa shape index (κ2) is 10.9. The number of carbonyl (C=O) groups excluding carboxylic acids is 1. The molecule has 2 aromatic rings. The van der Waals surface area contributed by atoms with E-state index >= 15 is 0 Å². The van der Waals surface area contributed by atoms with Gasteiger partial charge in [0.25, 0.3) is 0 Å². The normalized spacial score (nSPS) is 11.7. The van der Waals surface area contributed by atoms with Gasteiger partial charge in [-0.2, -0.15) is 4.31 Å². The van der Waals surface area contributed by atoms with Crippen molar-refractivity contribution in [3.8, 4) is 0 Å². The molecule has 0 aliphatic rings. The SMILES string of the molecule is CCN(CC)c1ccc(S(=O)(=O)N(CC)CC)cc1NC(=O)CCn1c(C)csc1=O. The highest BCUT2D eigenvalue weighted by molar-refractivity contribution is 7.89. The van der Waals surface area contributed by atoms with Crippen molar-refractivity contribution in [2.45, 2.75) is 52.5 Å². The molecule has 1 aromatic heterocycles. The van der Waals surface area contributed by atoms with Gasteiger partial charge >= 0.3 is 4.87 Å². The van der Waals surface area contributed by atoms with E-state index < -0.39 is 10.0 Å². The monoisotopic (exact) mass is 468 g/mol. The van der Waals surface area contributed by atoms with E-state index in [0.717, 1.165) is 22.7 Å². The highest BCUT2D eigenvalue weighted by Crippen LogP contribution is 2.30. The quantitative estimate of drug-likeness (QED) is 0.547. The predicted octanol–water partition coefficient (Wildman–Crippen LogP) is 3.12. The number of thiazole rings is 1. The third kappa shape index (κ3) is 5.75. The summed E-state index contributed by atoms with van der Waals surface area (Å²) in [5.41, 5.74) is 2.04. The predicted molar refractivity (Wildman–Crippen MR) is 127 cm³/mol. The van der Waals surface area contributed by atoms with E-state index in [0.29, 0.717) is 31.9 Å². The average Bonchev–Trinajstić information content (AvgIpc) is 3.06. The number of aryl methyl sites for hydroxylation is 1. The Hall–Kier alpha value is -2.17. The van der Waals surface area contributed by atoms with Crippen molar-refractivity contribution >= 4 is 38.6 Å². The van der Waals surface area contributed by atoms with Crippen molar-refractivity contribution in [3.05, 3.63) is 38.9 Å². The zero-order chi connectivity index (χ0) is 23.2. The number of hydrogen-bond acceptors (Lipinski definition) is 6. The minimum Gasteiger partial charge on any atom is -0.370 e. The third-order valence-electron chi connectivity index (χ3n) is 5.23. The van der Waals surface area contributed by atoms with Crippen LogP contribution in [0, 0.1) is 6.92 Å². The Balaban J connectivity index is 2.35. The lowest BCUT2D eigenvalue weighted by Crippen LogP contribution is -2.31. The van der Waals surface area contributed by atoms with Gasteiger partial charge in [-0.05, 0) is 39.0 Å². The molecule has 0 bridgehead atoms. The fourth-order valence-corrected chi connectivity index (χ4v) is 5.67. The van der Waals surface area contributed by atoms with E-state index in [1.807, 2.05) is 20.8 Å². The van der Waals surface area contributed by atoms with Crippen molar-refractivity contribution in [2.75, 3.05) is 36.4 Å². The maximum atomic E-state index is 13.0. The van der Waals surface area contributed by atoms with Crippen LogP contribution in [0.4, 0.5) is 11.4 Å². The van der Waals surface area contributed by atoms with Crippen LogP contribution >= 0.6 is 11.3 Å². The smallest absolute Gasteiger partial charge is 0.307 e. The van der Waals surface area contributed by atoms with Gasteiger partial charge in [-0.25, -0.2) is 8.42 Å². The van der Waals surface area contributed by atoms with Crippen LogP contribution in [0.3, 0.4) is 0 Å². The van der Waals surface area contributed by atoms with E-state index in [9.17, 15) is 18.0 Å². The number of benzene rings is 1. The molecule has 0 saturated heterocycles. The average molecular weight is 469 g/mol. The van der Waals surface area contributed by atoms with Gasteiger partial charge in [0.15, 0.2) is 0 Å². The van der Waals surface area contributed by atoms with Crippen LogP contribution in [0.5, 0.6) is 0 Å². The van der Waals surface area contributed by atoms with Crippen molar-refractivity contribution in [2.24, 2.45) is 0 Å². The first kappa shape index (κ1) is 25.1.